The molecular formula is C21H21IN2S. The summed E-state index contributed by atoms with van der Waals surface area (Å²) in [7, 11) is 4.25. The summed E-state index contributed by atoms with van der Waals surface area (Å²) in [6.07, 6.45) is 4.44. The van der Waals surface area contributed by atoms with Gasteiger partial charge in [0.2, 0.25) is 5.52 Å². The van der Waals surface area contributed by atoms with Crippen LogP contribution in [0.3, 0.4) is 0 Å². The maximum absolute atomic E-state index is 2.30. The fraction of sp³-hybridized carbons (Fsp3) is 0.190. The molecule has 25 heavy (non-hydrogen) atoms. The first-order valence-corrected chi connectivity index (χ1v) is 8.98. The molecule has 128 valence electrons. The second-order valence-corrected chi connectivity index (χ2v) is 7.51. The van der Waals surface area contributed by atoms with Gasteiger partial charge in [-0.1, -0.05) is 23.9 Å². The number of hydrogen-bond acceptors (Lipinski definition) is 2. The monoisotopic (exact) mass is 460 g/mol. The molecule has 0 aliphatic carbocycles. The lowest BCUT2D eigenvalue weighted by molar-refractivity contribution is -0.644. The maximum Gasteiger partial charge on any atom is 0.212 e. The summed E-state index contributed by atoms with van der Waals surface area (Å²) < 4.78 is 2.17. The van der Waals surface area contributed by atoms with Crippen LogP contribution in [0, 0.1) is 13.8 Å². The Hall–Kier alpha value is -1.53. The highest BCUT2D eigenvalue weighted by Gasteiger charge is 2.23. The summed E-state index contributed by atoms with van der Waals surface area (Å²) >= 11 is 1.85. The largest absolute Gasteiger partial charge is 1.00 e. The summed E-state index contributed by atoms with van der Waals surface area (Å²) in [5, 5.41) is 2.56. The van der Waals surface area contributed by atoms with Gasteiger partial charge in [-0.2, -0.15) is 0 Å². The third kappa shape index (κ3) is 3.17. The molecule has 0 saturated heterocycles. The molecule has 2 nitrogen and oxygen atoms in total. The minimum Gasteiger partial charge on any atom is -1.00 e. The van der Waals surface area contributed by atoms with Gasteiger partial charge in [-0.3, -0.25) is 0 Å². The number of hydrogen-bond donors (Lipinski definition) is 0. The van der Waals surface area contributed by atoms with E-state index in [0.29, 0.717) is 0 Å². The first-order chi connectivity index (χ1) is 11.5. The van der Waals surface area contributed by atoms with Crippen LogP contribution < -0.4 is 33.4 Å². The van der Waals surface area contributed by atoms with Gasteiger partial charge in [0, 0.05) is 24.1 Å². The lowest BCUT2D eigenvalue weighted by atomic mass is 10.1. The summed E-state index contributed by atoms with van der Waals surface area (Å²) in [4.78, 5) is 3.64. The van der Waals surface area contributed by atoms with Crippen LogP contribution in [-0.4, -0.2) is 7.05 Å². The predicted molar refractivity (Wildman–Crippen MR) is 103 cm³/mol. The molecule has 4 rings (SSSR count). The van der Waals surface area contributed by atoms with E-state index in [1.165, 1.54) is 43.2 Å². The van der Waals surface area contributed by atoms with Gasteiger partial charge in [-0.25, -0.2) is 4.57 Å². The van der Waals surface area contributed by atoms with Crippen molar-refractivity contribution in [1.29, 1.82) is 0 Å². The number of rotatable bonds is 1. The highest BCUT2D eigenvalue weighted by Crippen LogP contribution is 2.46. The van der Waals surface area contributed by atoms with E-state index in [2.05, 4.69) is 92.1 Å². The normalized spacial score (nSPS) is 14.7. The minimum absolute atomic E-state index is 0. The van der Waals surface area contributed by atoms with Gasteiger partial charge < -0.3 is 28.9 Å². The zero-order chi connectivity index (χ0) is 16.8. The molecule has 0 N–H and O–H groups in total. The van der Waals surface area contributed by atoms with Crippen molar-refractivity contribution in [3.05, 3.63) is 70.4 Å². The molecule has 0 saturated carbocycles. The number of halogens is 1. The standard InChI is InChI=1S/C21H21N2S.HI/c1-14-11-19-20(12-15(14)2)24-21(23(19)4)13-16-9-10-22(3)18-8-6-5-7-17(16)18;/h5-13H,1-4H3;1H/q+1;/p-1. The van der Waals surface area contributed by atoms with Crippen LogP contribution in [-0.2, 0) is 7.05 Å². The number of para-hydroxylation sites is 1. The number of thioether (sulfide) groups is 1. The molecule has 1 aromatic heterocycles. The smallest absolute Gasteiger partial charge is 0.212 e. The average Bonchev–Trinajstić information content (AvgIpc) is 2.87. The lowest BCUT2D eigenvalue weighted by Crippen LogP contribution is -3.00. The van der Waals surface area contributed by atoms with Crippen molar-refractivity contribution in [3.8, 4) is 0 Å². The van der Waals surface area contributed by atoms with Crippen LogP contribution in [0.25, 0.3) is 17.0 Å². The van der Waals surface area contributed by atoms with Gasteiger partial charge in [0.25, 0.3) is 0 Å². The first kappa shape index (κ1) is 18.3. The Labute approximate surface area is 170 Å². The van der Waals surface area contributed by atoms with Crippen LogP contribution in [0.1, 0.15) is 16.7 Å². The Morgan fingerprint density at radius 2 is 1.76 bits per heavy atom. The van der Waals surface area contributed by atoms with Gasteiger partial charge >= 0.3 is 0 Å². The highest BCUT2D eigenvalue weighted by atomic mass is 127. The van der Waals surface area contributed by atoms with Crippen LogP contribution >= 0.6 is 11.8 Å². The van der Waals surface area contributed by atoms with Gasteiger partial charge in [0.15, 0.2) is 6.20 Å². The first-order valence-electron chi connectivity index (χ1n) is 8.16. The lowest BCUT2D eigenvalue weighted by Gasteiger charge is -2.14. The number of anilines is 1. The van der Waals surface area contributed by atoms with E-state index in [4.69, 9.17) is 0 Å². The van der Waals surface area contributed by atoms with E-state index in [1.54, 1.807) is 0 Å². The zero-order valence-electron chi connectivity index (χ0n) is 14.9. The van der Waals surface area contributed by atoms with Gasteiger partial charge in [-0.05, 0) is 54.8 Å². The molecule has 0 bridgehead atoms. The minimum atomic E-state index is 0. The highest BCUT2D eigenvalue weighted by molar-refractivity contribution is 8.03. The van der Waals surface area contributed by atoms with Crippen molar-refractivity contribution in [2.24, 2.45) is 7.05 Å². The molecule has 0 amide bonds. The van der Waals surface area contributed by atoms with Crippen molar-refractivity contribution < 1.29 is 28.5 Å². The summed E-state index contributed by atoms with van der Waals surface area (Å²) in [5.41, 5.74) is 6.52. The van der Waals surface area contributed by atoms with Crippen LogP contribution in [0.2, 0.25) is 0 Å². The van der Waals surface area contributed by atoms with Crippen LogP contribution in [0.5, 0.6) is 0 Å². The van der Waals surface area contributed by atoms with E-state index < -0.39 is 0 Å². The van der Waals surface area contributed by atoms with E-state index in [9.17, 15) is 0 Å². The van der Waals surface area contributed by atoms with E-state index >= 15 is 0 Å². The van der Waals surface area contributed by atoms with Crippen LogP contribution in [0.4, 0.5) is 5.69 Å². The van der Waals surface area contributed by atoms with Crippen molar-refractivity contribution in [2.45, 2.75) is 18.7 Å². The Kier molecular flexibility index (Phi) is 5.11. The third-order valence-electron chi connectivity index (χ3n) is 4.83. The number of fused-ring (bicyclic) bond motifs is 2. The quantitative estimate of drug-likeness (QED) is 0.404. The molecule has 0 radical (unpaired) electrons. The molecule has 4 heteroatoms. The van der Waals surface area contributed by atoms with Crippen molar-refractivity contribution in [2.75, 3.05) is 11.9 Å². The van der Waals surface area contributed by atoms with Crippen LogP contribution in [0.15, 0.2) is 58.6 Å². The van der Waals surface area contributed by atoms with Crippen molar-refractivity contribution in [1.82, 2.24) is 0 Å². The van der Waals surface area contributed by atoms with E-state index in [1.807, 2.05) is 11.8 Å². The second-order valence-electron chi connectivity index (χ2n) is 6.45. The third-order valence-corrected chi connectivity index (χ3v) is 5.98. The molecule has 1 aliphatic heterocycles. The Balaban J connectivity index is 0.00000182. The SMILES string of the molecule is Cc1cc2c(cc1C)N(C)/C(=C\c1cc[n+](C)c3ccccc13)S2.[I-]. The molecule has 2 heterocycles. The van der Waals surface area contributed by atoms with Gasteiger partial charge in [0.05, 0.1) is 16.1 Å². The average molecular weight is 460 g/mol. The number of aryl methyl sites for hydroxylation is 3. The fourth-order valence-corrected chi connectivity index (χ4v) is 4.37. The van der Waals surface area contributed by atoms with Gasteiger partial charge in [-0.15, -0.1) is 0 Å². The number of aromatic nitrogens is 1. The predicted octanol–water partition coefficient (Wildman–Crippen LogP) is 1.83. The van der Waals surface area contributed by atoms with Gasteiger partial charge in [0.1, 0.15) is 7.05 Å². The molecular weight excluding hydrogens is 439 g/mol. The molecule has 1 aliphatic rings. The topological polar surface area (TPSA) is 7.12 Å². The molecule has 0 spiro atoms. The Bertz CT molecular complexity index is 995. The number of nitrogens with zero attached hydrogens (tertiary/aromatic N) is 2. The fourth-order valence-electron chi connectivity index (χ4n) is 3.19. The molecule has 0 fully saturated rings. The van der Waals surface area contributed by atoms with E-state index in [0.717, 1.165) is 0 Å². The molecule has 3 aromatic rings. The number of benzene rings is 2. The summed E-state index contributed by atoms with van der Waals surface area (Å²) in [5.74, 6) is 0. The molecule has 0 unspecified atom stereocenters. The molecule has 2 aromatic carbocycles. The Morgan fingerprint density at radius 3 is 2.56 bits per heavy atom. The Morgan fingerprint density at radius 1 is 1.04 bits per heavy atom. The van der Waals surface area contributed by atoms with Crippen molar-refractivity contribution >= 4 is 34.4 Å². The number of pyridine rings is 1. The maximum atomic E-state index is 2.30. The summed E-state index contributed by atoms with van der Waals surface area (Å²) in [6.45, 7) is 4.36. The zero-order valence-corrected chi connectivity index (χ0v) is 17.9. The van der Waals surface area contributed by atoms with E-state index in [-0.39, 0.29) is 24.0 Å². The van der Waals surface area contributed by atoms with Crippen molar-refractivity contribution in [3.63, 3.8) is 0 Å². The second kappa shape index (κ2) is 7.00. The molecule has 0 atom stereocenters. The summed E-state index contributed by atoms with van der Waals surface area (Å²) in [6, 6.07) is 15.4.